The summed E-state index contributed by atoms with van der Waals surface area (Å²) in [6.07, 6.45) is 9.31. The molecule has 112 valence electrons. The quantitative estimate of drug-likeness (QED) is 0.899. The molecular formula is C16H27N3O. The van der Waals surface area contributed by atoms with Gasteiger partial charge in [0.25, 0.3) is 0 Å². The highest BCUT2D eigenvalue weighted by molar-refractivity contribution is 5.10. The second kappa shape index (κ2) is 5.86. The first kappa shape index (κ1) is 14.1. The van der Waals surface area contributed by atoms with E-state index >= 15 is 0 Å². The van der Waals surface area contributed by atoms with Crippen molar-refractivity contribution >= 4 is 0 Å². The Balaban J connectivity index is 1.76. The topological polar surface area (TPSA) is 39.1 Å². The van der Waals surface area contributed by atoms with Crippen molar-refractivity contribution in [1.82, 2.24) is 15.1 Å². The highest BCUT2D eigenvalue weighted by atomic mass is 16.5. The Morgan fingerprint density at radius 1 is 1.55 bits per heavy atom. The van der Waals surface area contributed by atoms with Gasteiger partial charge in [-0.25, -0.2) is 0 Å². The van der Waals surface area contributed by atoms with E-state index in [1.54, 1.807) is 0 Å². The van der Waals surface area contributed by atoms with E-state index in [0.29, 0.717) is 12.0 Å². The summed E-state index contributed by atoms with van der Waals surface area (Å²) in [5.41, 5.74) is 1.54. The Labute approximate surface area is 121 Å². The number of nitrogens with one attached hydrogen (secondary N) is 1. The van der Waals surface area contributed by atoms with E-state index in [0.717, 1.165) is 19.6 Å². The Bertz CT molecular complexity index is 439. The van der Waals surface area contributed by atoms with Crippen LogP contribution in [0.25, 0.3) is 0 Å². The molecule has 0 radical (unpaired) electrons. The zero-order valence-corrected chi connectivity index (χ0v) is 12.8. The summed E-state index contributed by atoms with van der Waals surface area (Å²) in [5.74, 6) is 0.672. The lowest BCUT2D eigenvalue weighted by molar-refractivity contribution is -0.147. The molecule has 1 aliphatic carbocycles. The van der Waals surface area contributed by atoms with Gasteiger partial charge in [-0.3, -0.25) is 4.68 Å². The highest BCUT2D eigenvalue weighted by Crippen LogP contribution is 2.47. The van der Waals surface area contributed by atoms with Gasteiger partial charge in [0.15, 0.2) is 0 Å². The van der Waals surface area contributed by atoms with Gasteiger partial charge in [-0.15, -0.1) is 0 Å². The second-order valence-corrected chi connectivity index (χ2v) is 6.45. The number of aryl methyl sites for hydroxylation is 1. The standard InChI is InChI=1S/C16H27N3O/c1-3-9-17-15(14-5-10-18-19(14)2)13-6-11-20-16(12-13)7-4-8-16/h5,10,13,15,17H,3-4,6-9,11-12H2,1-2H3. The predicted octanol–water partition coefficient (Wildman–Crippen LogP) is 2.81. The predicted molar refractivity (Wildman–Crippen MR) is 79.5 cm³/mol. The zero-order valence-electron chi connectivity index (χ0n) is 12.8. The summed E-state index contributed by atoms with van der Waals surface area (Å²) < 4.78 is 8.11. The molecule has 1 aliphatic heterocycles. The third-order valence-electron chi connectivity index (χ3n) is 5.06. The van der Waals surface area contributed by atoms with Crippen molar-refractivity contribution in [2.24, 2.45) is 13.0 Å². The van der Waals surface area contributed by atoms with E-state index in [4.69, 9.17) is 4.74 Å². The van der Waals surface area contributed by atoms with Gasteiger partial charge >= 0.3 is 0 Å². The molecule has 3 rings (SSSR count). The maximum atomic E-state index is 6.08. The zero-order chi connectivity index (χ0) is 14.0. The van der Waals surface area contributed by atoms with E-state index in [1.165, 1.54) is 37.8 Å². The fourth-order valence-corrected chi connectivity index (χ4v) is 3.77. The average molecular weight is 277 g/mol. The summed E-state index contributed by atoms with van der Waals surface area (Å²) >= 11 is 0. The Kier molecular flexibility index (Phi) is 4.13. The minimum Gasteiger partial charge on any atom is -0.375 e. The van der Waals surface area contributed by atoms with E-state index < -0.39 is 0 Å². The molecule has 1 aromatic rings. The molecule has 4 nitrogen and oxygen atoms in total. The molecule has 1 aromatic heterocycles. The van der Waals surface area contributed by atoms with E-state index in [1.807, 2.05) is 10.9 Å². The number of hydrogen-bond donors (Lipinski definition) is 1. The minimum absolute atomic E-state index is 0.216. The first-order chi connectivity index (χ1) is 9.74. The highest BCUT2D eigenvalue weighted by Gasteiger charge is 2.44. The summed E-state index contributed by atoms with van der Waals surface area (Å²) in [4.78, 5) is 0. The lowest BCUT2D eigenvalue weighted by Crippen LogP contribution is -2.48. The van der Waals surface area contributed by atoms with Crippen molar-refractivity contribution in [3.8, 4) is 0 Å². The SMILES string of the molecule is CCCNC(c1ccnn1C)C1CCOC2(CCC2)C1. The van der Waals surface area contributed by atoms with Crippen LogP contribution >= 0.6 is 0 Å². The van der Waals surface area contributed by atoms with Crippen LogP contribution in [0.1, 0.15) is 57.2 Å². The van der Waals surface area contributed by atoms with Crippen LogP contribution in [-0.4, -0.2) is 28.5 Å². The molecule has 1 N–H and O–H groups in total. The normalized spacial score (nSPS) is 26.4. The Morgan fingerprint density at radius 2 is 2.40 bits per heavy atom. The Morgan fingerprint density at radius 3 is 3.00 bits per heavy atom. The molecule has 2 atom stereocenters. The van der Waals surface area contributed by atoms with Crippen LogP contribution < -0.4 is 5.32 Å². The number of nitrogens with zero attached hydrogens (tertiary/aromatic N) is 2. The van der Waals surface area contributed by atoms with Crippen molar-refractivity contribution in [2.45, 2.75) is 57.1 Å². The van der Waals surface area contributed by atoms with Crippen LogP contribution in [0.4, 0.5) is 0 Å². The van der Waals surface area contributed by atoms with Crippen LogP contribution in [0.5, 0.6) is 0 Å². The van der Waals surface area contributed by atoms with Crippen molar-refractivity contribution < 1.29 is 4.74 Å². The molecule has 20 heavy (non-hydrogen) atoms. The maximum absolute atomic E-state index is 6.08. The monoisotopic (exact) mass is 277 g/mol. The smallest absolute Gasteiger partial charge is 0.0686 e. The summed E-state index contributed by atoms with van der Waals surface area (Å²) in [6.45, 7) is 4.22. The first-order valence-electron chi connectivity index (χ1n) is 8.09. The maximum Gasteiger partial charge on any atom is 0.0686 e. The molecule has 4 heteroatoms. The number of hydrogen-bond acceptors (Lipinski definition) is 3. The van der Waals surface area contributed by atoms with Gasteiger partial charge in [-0.05, 0) is 57.1 Å². The lowest BCUT2D eigenvalue weighted by Gasteiger charge is -2.48. The second-order valence-electron chi connectivity index (χ2n) is 6.45. The third kappa shape index (κ3) is 2.63. The lowest BCUT2D eigenvalue weighted by atomic mass is 9.70. The van der Waals surface area contributed by atoms with Crippen LogP contribution in [-0.2, 0) is 11.8 Å². The summed E-state index contributed by atoms with van der Waals surface area (Å²) in [5, 5.41) is 8.11. The van der Waals surface area contributed by atoms with E-state index in [2.05, 4.69) is 30.5 Å². The summed E-state index contributed by atoms with van der Waals surface area (Å²) in [6, 6.07) is 2.58. The molecule has 2 aliphatic rings. The third-order valence-corrected chi connectivity index (χ3v) is 5.06. The number of aromatic nitrogens is 2. The van der Waals surface area contributed by atoms with Gasteiger partial charge in [-0.2, -0.15) is 5.10 Å². The molecule has 2 heterocycles. The first-order valence-corrected chi connectivity index (χ1v) is 8.09. The van der Waals surface area contributed by atoms with Crippen molar-refractivity contribution in [3.05, 3.63) is 18.0 Å². The fourth-order valence-electron chi connectivity index (χ4n) is 3.77. The van der Waals surface area contributed by atoms with Crippen LogP contribution in [0, 0.1) is 5.92 Å². The van der Waals surface area contributed by atoms with Gasteiger partial charge in [0, 0.05) is 19.9 Å². The largest absolute Gasteiger partial charge is 0.375 e. The average Bonchev–Trinajstić information content (AvgIpc) is 2.84. The molecule has 1 spiro atoms. The van der Waals surface area contributed by atoms with Gasteiger partial charge in [0.05, 0.1) is 17.3 Å². The molecule has 1 saturated carbocycles. The summed E-state index contributed by atoms with van der Waals surface area (Å²) in [7, 11) is 2.05. The van der Waals surface area contributed by atoms with Gasteiger partial charge < -0.3 is 10.1 Å². The van der Waals surface area contributed by atoms with Crippen molar-refractivity contribution in [1.29, 1.82) is 0 Å². The van der Waals surface area contributed by atoms with Gasteiger partial charge in [0.2, 0.25) is 0 Å². The van der Waals surface area contributed by atoms with Crippen molar-refractivity contribution in [3.63, 3.8) is 0 Å². The molecule has 0 aromatic carbocycles. The van der Waals surface area contributed by atoms with Gasteiger partial charge in [-0.1, -0.05) is 6.92 Å². The molecule has 2 fully saturated rings. The van der Waals surface area contributed by atoms with Crippen molar-refractivity contribution in [2.75, 3.05) is 13.2 Å². The molecular weight excluding hydrogens is 250 g/mol. The van der Waals surface area contributed by atoms with Crippen LogP contribution in [0.3, 0.4) is 0 Å². The molecule has 0 bridgehead atoms. The van der Waals surface area contributed by atoms with Crippen LogP contribution in [0.2, 0.25) is 0 Å². The van der Waals surface area contributed by atoms with E-state index in [-0.39, 0.29) is 5.60 Å². The number of ether oxygens (including phenoxy) is 1. The Hall–Kier alpha value is -0.870. The van der Waals surface area contributed by atoms with E-state index in [9.17, 15) is 0 Å². The fraction of sp³-hybridized carbons (Fsp3) is 0.812. The molecule has 0 amide bonds. The molecule has 2 unspecified atom stereocenters. The minimum atomic E-state index is 0.216. The van der Waals surface area contributed by atoms with Gasteiger partial charge in [0.1, 0.15) is 0 Å². The molecule has 1 saturated heterocycles. The van der Waals surface area contributed by atoms with Crippen LogP contribution in [0.15, 0.2) is 12.3 Å². The number of rotatable bonds is 5.